The first-order chi connectivity index (χ1) is 8.94. The van der Waals surface area contributed by atoms with Gasteiger partial charge in [-0.1, -0.05) is 23.7 Å². The largest absolute Gasteiger partial charge is 0.491 e. The van der Waals surface area contributed by atoms with Crippen molar-refractivity contribution in [3.63, 3.8) is 0 Å². The van der Waals surface area contributed by atoms with Gasteiger partial charge in [-0.15, -0.1) is 0 Å². The van der Waals surface area contributed by atoms with Gasteiger partial charge in [-0.2, -0.15) is 0 Å². The first-order valence-corrected chi connectivity index (χ1v) is 6.61. The molecule has 0 radical (unpaired) electrons. The summed E-state index contributed by atoms with van der Waals surface area (Å²) in [6.45, 7) is 4.06. The molecule has 0 fully saturated rings. The number of halogens is 1. The van der Waals surface area contributed by atoms with Crippen molar-refractivity contribution in [2.24, 2.45) is 0 Å². The molecule has 1 aromatic rings. The Hall–Kier alpha value is -1.26. The zero-order valence-electron chi connectivity index (χ0n) is 11.3. The number of amides is 1. The van der Waals surface area contributed by atoms with Crippen LogP contribution in [-0.4, -0.2) is 29.8 Å². The van der Waals surface area contributed by atoms with Crippen LogP contribution in [0, 0.1) is 0 Å². The Morgan fingerprint density at radius 1 is 1.42 bits per heavy atom. The van der Waals surface area contributed by atoms with Gasteiger partial charge in [-0.05, 0) is 32.4 Å². The number of carbonyl (C=O) groups is 1. The van der Waals surface area contributed by atoms with Gasteiger partial charge in [0.15, 0.2) is 0 Å². The summed E-state index contributed by atoms with van der Waals surface area (Å²) in [6, 6.07) is 7.14. The second kappa shape index (κ2) is 7.36. The van der Waals surface area contributed by atoms with Crippen LogP contribution in [0.2, 0.25) is 5.02 Å². The first kappa shape index (κ1) is 15.8. The molecule has 0 aliphatic carbocycles. The van der Waals surface area contributed by atoms with Gasteiger partial charge < -0.3 is 15.2 Å². The molecule has 0 saturated carbocycles. The second-order valence-electron chi connectivity index (χ2n) is 4.93. The third kappa shape index (κ3) is 5.94. The lowest BCUT2D eigenvalue weighted by Crippen LogP contribution is -2.44. The summed E-state index contributed by atoms with van der Waals surface area (Å²) >= 11 is 5.93. The molecule has 0 bridgehead atoms. The highest BCUT2D eigenvalue weighted by molar-refractivity contribution is 6.32. The Kier molecular flexibility index (Phi) is 6.12. The van der Waals surface area contributed by atoms with E-state index in [0.717, 1.165) is 0 Å². The second-order valence-corrected chi connectivity index (χ2v) is 5.34. The molecule has 0 heterocycles. The quantitative estimate of drug-likeness (QED) is 0.809. The van der Waals surface area contributed by atoms with Gasteiger partial charge in [0.1, 0.15) is 5.75 Å². The monoisotopic (exact) mass is 285 g/mol. The highest BCUT2D eigenvalue weighted by atomic mass is 35.5. The van der Waals surface area contributed by atoms with E-state index in [1.807, 2.05) is 26.0 Å². The predicted molar refractivity (Wildman–Crippen MR) is 75.5 cm³/mol. The molecule has 106 valence electrons. The van der Waals surface area contributed by atoms with Crippen LogP contribution in [0.5, 0.6) is 5.75 Å². The molecule has 0 aliphatic rings. The van der Waals surface area contributed by atoms with Crippen LogP contribution in [-0.2, 0) is 4.79 Å². The Balaban J connectivity index is 2.33. The molecule has 1 rings (SSSR count). The lowest BCUT2D eigenvalue weighted by atomic mass is 10.0. The number of aliphatic hydroxyl groups excluding tert-OH is 1. The van der Waals surface area contributed by atoms with Crippen LogP contribution in [0.15, 0.2) is 24.3 Å². The van der Waals surface area contributed by atoms with E-state index >= 15 is 0 Å². The van der Waals surface area contributed by atoms with Crippen LogP contribution in [0.1, 0.15) is 26.7 Å². The molecular weight excluding hydrogens is 266 g/mol. The average Bonchev–Trinajstić information content (AvgIpc) is 2.30. The summed E-state index contributed by atoms with van der Waals surface area (Å²) in [6.07, 6.45) is 0.768. The Morgan fingerprint density at radius 3 is 2.74 bits per heavy atom. The molecule has 0 saturated heterocycles. The van der Waals surface area contributed by atoms with E-state index < -0.39 is 5.54 Å². The van der Waals surface area contributed by atoms with E-state index in [-0.39, 0.29) is 25.5 Å². The molecule has 0 spiro atoms. The van der Waals surface area contributed by atoms with Gasteiger partial charge in [-0.3, -0.25) is 4.79 Å². The molecule has 0 aliphatic heterocycles. The summed E-state index contributed by atoms with van der Waals surface area (Å²) in [5.74, 6) is 0.470. The number of carbonyl (C=O) groups excluding carboxylic acids is 1. The van der Waals surface area contributed by atoms with Crippen molar-refractivity contribution in [1.29, 1.82) is 0 Å². The smallest absolute Gasteiger partial charge is 0.223 e. The van der Waals surface area contributed by atoms with E-state index in [2.05, 4.69) is 5.32 Å². The van der Waals surface area contributed by atoms with Crippen molar-refractivity contribution in [2.45, 2.75) is 32.2 Å². The molecular formula is C14H20ClNO3. The van der Waals surface area contributed by atoms with Crippen molar-refractivity contribution >= 4 is 17.5 Å². The lowest BCUT2D eigenvalue weighted by Gasteiger charge is -2.25. The number of para-hydroxylation sites is 1. The third-order valence-corrected chi connectivity index (χ3v) is 2.95. The zero-order chi connectivity index (χ0) is 14.3. The van der Waals surface area contributed by atoms with Crippen molar-refractivity contribution in [3.8, 4) is 5.75 Å². The number of hydrogen-bond acceptors (Lipinski definition) is 3. The van der Waals surface area contributed by atoms with Crippen LogP contribution in [0.3, 0.4) is 0 Å². The zero-order valence-corrected chi connectivity index (χ0v) is 12.0. The maximum Gasteiger partial charge on any atom is 0.223 e. The third-order valence-electron chi connectivity index (χ3n) is 2.64. The topological polar surface area (TPSA) is 58.6 Å². The number of benzene rings is 1. The number of hydrogen-bond donors (Lipinski definition) is 2. The van der Waals surface area contributed by atoms with Crippen LogP contribution in [0.25, 0.3) is 0 Å². The van der Waals surface area contributed by atoms with Gasteiger partial charge in [0, 0.05) is 12.1 Å². The first-order valence-electron chi connectivity index (χ1n) is 6.24. The Bertz CT molecular complexity index is 421. The van der Waals surface area contributed by atoms with E-state index in [4.69, 9.17) is 21.4 Å². The minimum absolute atomic E-state index is 0.0450. The summed E-state index contributed by atoms with van der Waals surface area (Å²) in [4.78, 5) is 11.7. The molecule has 5 heteroatoms. The fourth-order valence-electron chi connectivity index (χ4n) is 1.60. The molecule has 0 unspecified atom stereocenters. The molecule has 2 N–H and O–H groups in total. The van der Waals surface area contributed by atoms with Gasteiger partial charge in [0.2, 0.25) is 5.91 Å². The number of nitrogens with one attached hydrogen (secondary N) is 1. The van der Waals surface area contributed by atoms with E-state index in [0.29, 0.717) is 17.2 Å². The highest BCUT2D eigenvalue weighted by Crippen LogP contribution is 2.23. The van der Waals surface area contributed by atoms with Crippen LogP contribution < -0.4 is 10.1 Å². The summed E-state index contributed by atoms with van der Waals surface area (Å²) in [7, 11) is 0. The minimum Gasteiger partial charge on any atom is -0.491 e. The van der Waals surface area contributed by atoms with Gasteiger partial charge in [-0.25, -0.2) is 0 Å². The molecule has 0 atom stereocenters. The van der Waals surface area contributed by atoms with E-state index in [1.54, 1.807) is 12.1 Å². The molecule has 1 aromatic carbocycles. The summed E-state index contributed by atoms with van der Waals surface area (Å²) in [5, 5.41) is 12.3. The maximum atomic E-state index is 11.7. The Labute approximate surface area is 118 Å². The van der Waals surface area contributed by atoms with Crippen LogP contribution >= 0.6 is 11.6 Å². The standard InChI is InChI=1S/C14H20ClNO3/c1-14(2,8-9-17)16-13(18)7-10-19-12-6-4-3-5-11(12)15/h3-6,17H,7-10H2,1-2H3,(H,16,18). The molecule has 1 amide bonds. The molecule has 19 heavy (non-hydrogen) atoms. The maximum absolute atomic E-state index is 11.7. The lowest BCUT2D eigenvalue weighted by molar-refractivity contribution is -0.123. The summed E-state index contributed by atoms with van der Waals surface area (Å²) in [5.41, 5.74) is -0.407. The number of aliphatic hydroxyl groups is 1. The number of ether oxygens (including phenoxy) is 1. The fraction of sp³-hybridized carbons (Fsp3) is 0.500. The van der Waals surface area contributed by atoms with Gasteiger partial charge in [0.25, 0.3) is 0 Å². The minimum atomic E-state index is -0.407. The van der Waals surface area contributed by atoms with Gasteiger partial charge >= 0.3 is 0 Å². The van der Waals surface area contributed by atoms with Crippen molar-refractivity contribution in [2.75, 3.05) is 13.2 Å². The predicted octanol–water partition coefficient (Wildman–Crippen LogP) is 2.39. The normalized spacial score (nSPS) is 11.2. The summed E-state index contributed by atoms with van der Waals surface area (Å²) < 4.78 is 5.44. The SMILES string of the molecule is CC(C)(CCO)NC(=O)CCOc1ccccc1Cl. The Morgan fingerprint density at radius 2 is 2.11 bits per heavy atom. The highest BCUT2D eigenvalue weighted by Gasteiger charge is 2.19. The van der Waals surface area contributed by atoms with E-state index in [1.165, 1.54) is 0 Å². The van der Waals surface area contributed by atoms with Crippen molar-refractivity contribution in [3.05, 3.63) is 29.3 Å². The van der Waals surface area contributed by atoms with E-state index in [9.17, 15) is 4.79 Å². The molecule has 4 nitrogen and oxygen atoms in total. The van der Waals surface area contributed by atoms with Crippen molar-refractivity contribution in [1.82, 2.24) is 5.32 Å². The molecule has 0 aromatic heterocycles. The number of rotatable bonds is 7. The fourth-order valence-corrected chi connectivity index (χ4v) is 1.79. The van der Waals surface area contributed by atoms with Gasteiger partial charge in [0.05, 0.1) is 18.1 Å². The van der Waals surface area contributed by atoms with Crippen molar-refractivity contribution < 1.29 is 14.6 Å². The average molecular weight is 286 g/mol. The van der Waals surface area contributed by atoms with Crippen LogP contribution in [0.4, 0.5) is 0 Å².